The van der Waals surface area contributed by atoms with Crippen LogP contribution in [0.3, 0.4) is 0 Å². The zero-order chi connectivity index (χ0) is 20.5. The summed E-state index contributed by atoms with van der Waals surface area (Å²) in [5.41, 5.74) is 0.504. The summed E-state index contributed by atoms with van der Waals surface area (Å²) in [4.78, 5) is 2.18. The molecule has 1 unspecified atom stereocenters. The first-order chi connectivity index (χ1) is 14.1. The van der Waals surface area contributed by atoms with Gasteiger partial charge in [0.1, 0.15) is 12.7 Å². The van der Waals surface area contributed by atoms with E-state index >= 15 is 0 Å². The zero-order valence-electron chi connectivity index (χ0n) is 17.6. The van der Waals surface area contributed by atoms with Gasteiger partial charge < -0.3 is 29.7 Å². The average Bonchev–Trinajstić information content (AvgIpc) is 2.74. The fourth-order valence-electron chi connectivity index (χ4n) is 4.09. The van der Waals surface area contributed by atoms with E-state index in [9.17, 15) is 10.2 Å². The summed E-state index contributed by atoms with van der Waals surface area (Å²) in [5, 5.41) is 24.2. The molecule has 1 heterocycles. The molecule has 1 aliphatic carbocycles. The van der Waals surface area contributed by atoms with E-state index in [0.29, 0.717) is 44.3 Å². The predicted molar refractivity (Wildman–Crippen MR) is 111 cm³/mol. The van der Waals surface area contributed by atoms with E-state index in [1.165, 1.54) is 6.42 Å². The molecule has 1 aliphatic heterocycles. The number of hydrogen-bond donors (Lipinski definition) is 3. The van der Waals surface area contributed by atoms with E-state index in [-0.39, 0.29) is 6.61 Å². The monoisotopic (exact) mass is 408 g/mol. The van der Waals surface area contributed by atoms with Crippen LogP contribution in [0.25, 0.3) is 0 Å². The lowest BCUT2D eigenvalue weighted by Gasteiger charge is -2.32. The maximum absolute atomic E-state index is 10.6. The Labute approximate surface area is 173 Å². The van der Waals surface area contributed by atoms with Gasteiger partial charge in [-0.25, -0.2) is 0 Å². The standard InChI is InChI=1S/C22H36N2O5/c1-27-21-13-18(14-23-17-22(26)7-3-2-4-8-22)5-6-20(21)29-16-19(25)15-24-9-11-28-12-10-24/h5-6,13,19,23,25-26H,2-4,7-12,14-17H2,1H3. The summed E-state index contributed by atoms with van der Waals surface area (Å²) in [6, 6.07) is 5.82. The predicted octanol–water partition coefficient (Wildman–Crippen LogP) is 1.55. The number of rotatable bonds is 10. The van der Waals surface area contributed by atoms with E-state index < -0.39 is 11.7 Å². The smallest absolute Gasteiger partial charge is 0.161 e. The van der Waals surface area contributed by atoms with Gasteiger partial charge in [-0.2, -0.15) is 0 Å². The molecular formula is C22H36N2O5. The van der Waals surface area contributed by atoms with Crippen LogP contribution in [0.2, 0.25) is 0 Å². The minimum absolute atomic E-state index is 0.221. The Morgan fingerprint density at radius 3 is 2.66 bits per heavy atom. The lowest BCUT2D eigenvalue weighted by molar-refractivity contribution is 0.00442. The molecule has 2 aliphatic rings. The second-order valence-corrected chi connectivity index (χ2v) is 8.25. The number of ether oxygens (including phenoxy) is 3. The van der Waals surface area contributed by atoms with Crippen LogP contribution < -0.4 is 14.8 Å². The molecule has 1 aromatic carbocycles. The number of aliphatic hydroxyl groups excluding tert-OH is 1. The molecule has 0 amide bonds. The third-order valence-corrected chi connectivity index (χ3v) is 5.80. The highest BCUT2D eigenvalue weighted by Crippen LogP contribution is 2.29. The first-order valence-corrected chi connectivity index (χ1v) is 10.8. The van der Waals surface area contributed by atoms with E-state index in [1.54, 1.807) is 7.11 Å². The van der Waals surface area contributed by atoms with E-state index in [1.807, 2.05) is 18.2 Å². The van der Waals surface area contributed by atoms with Crippen LogP contribution in [-0.4, -0.2) is 79.9 Å². The van der Waals surface area contributed by atoms with Crippen molar-refractivity contribution in [3.63, 3.8) is 0 Å². The molecule has 29 heavy (non-hydrogen) atoms. The maximum atomic E-state index is 10.6. The Kier molecular flexibility index (Phi) is 8.56. The number of aliphatic hydroxyl groups is 2. The number of hydrogen-bond acceptors (Lipinski definition) is 7. The van der Waals surface area contributed by atoms with Gasteiger partial charge in [0.25, 0.3) is 0 Å². The highest BCUT2D eigenvalue weighted by Gasteiger charge is 2.28. The van der Waals surface area contributed by atoms with Gasteiger partial charge in [-0.1, -0.05) is 25.3 Å². The van der Waals surface area contributed by atoms with Gasteiger partial charge in [-0.05, 0) is 30.5 Å². The Balaban J connectivity index is 1.45. The first-order valence-electron chi connectivity index (χ1n) is 10.8. The number of nitrogens with one attached hydrogen (secondary N) is 1. The molecule has 0 spiro atoms. The number of benzene rings is 1. The Bertz CT molecular complexity index is 615. The van der Waals surface area contributed by atoms with Gasteiger partial charge in [0.2, 0.25) is 0 Å². The molecule has 164 valence electrons. The Morgan fingerprint density at radius 1 is 1.17 bits per heavy atom. The van der Waals surface area contributed by atoms with Crippen LogP contribution in [0.5, 0.6) is 11.5 Å². The van der Waals surface area contributed by atoms with Gasteiger partial charge in [0.15, 0.2) is 11.5 Å². The van der Waals surface area contributed by atoms with Crippen molar-refractivity contribution < 1.29 is 24.4 Å². The molecule has 3 N–H and O–H groups in total. The van der Waals surface area contributed by atoms with Crippen LogP contribution in [0.15, 0.2) is 18.2 Å². The number of nitrogens with zero attached hydrogens (tertiary/aromatic N) is 1. The first kappa shape index (κ1) is 22.3. The van der Waals surface area contributed by atoms with Crippen LogP contribution in [0, 0.1) is 0 Å². The van der Waals surface area contributed by atoms with E-state index in [0.717, 1.165) is 44.3 Å². The molecule has 1 saturated carbocycles. The largest absolute Gasteiger partial charge is 0.493 e. The second kappa shape index (κ2) is 11.1. The quantitative estimate of drug-likeness (QED) is 0.542. The normalized spacial score (nSPS) is 20.9. The van der Waals surface area contributed by atoms with Crippen molar-refractivity contribution in [1.29, 1.82) is 0 Å². The van der Waals surface area contributed by atoms with Crippen LogP contribution in [0.1, 0.15) is 37.7 Å². The van der Waals surface area contributed by atoms with Crippen molar-refractivity contribution in [2.24, 2.45) is 0 Å². The summed E-state index contributed by atoms with van der Waals surface area (Å²) in [5.74, 6) is 1.28. The lowest BCUT2D eigenvalue weighted by Crippen LogP contribution is -2.42. The zero-order valence-corrected chi connectivity index (χ0v) is 17.6. The second-order valence-electron chi connectivity index (χ2n) is 8.25. The molecule has 2 fully saturated rings. The van der Waals surface area contributed by atoms with Crippen LogP contribution in [0.4, 0.5) is 0 Å². The topological polar surface area (TPSA) is 83.4 Å². The molecule has 0 aromatic heterocycles. The van der Waals surface area contributed by atoms with Gasteiger partial charge in [-0.15, -0.1) is 0 Å². The summed E-state index contributed by atoms with van der Waals surface area (Å²) < 4.78 is 16.6. The SMILES string of the molecule is COc1cc(CNCC2(O)CCCCC2)ccc1OCC(O)CN1CCOCC1. The van der Waals surface area contributed by atoms with Crippen molar-refractivity contribution in [2.75, 3.05) is 53.1 Å². The van der Waals surface area contributed by atoms with Crippen molar-refractivity contribution in [3.05, 3.63) is 23.8 Å². The van der Waals surface area contributed by atoms with Crippen molar-refractivity contribution in [2.45, 2.75) is 50.4 Å². The maximum Gasteiger partial charge on any atom is 0.161 e. The summed E-state index contributed by atoms with van der Waals surface area (Å²) in [6.45, 7) is 5.20. The molecule has 0 bridgehead atoms. The van der Waals surface area contributed by atoms with Gasteiger partial charge >= 0.3 is 0 Å². The molecule has 0 radical (unpaired) electrons. The van der Waals surface area contributed by atoms with Crippen molar-refractivity contribution >= 4 is 0 Å². The van der Waals surface area contributed by atoms with Crippen LogP contribution in [-0.2, 0) is 11.3 Å². The summed E-state index contributed by atoms with van der Waals surface area (Å²) in [7, 11) is 1.62. The summed E-state index contributed by atoms with van der Waals surface area (Å²) >= 11 is 0. The third kappa shape index (κ3) is 7.12. The van der Waals surface area contributed by atoms with Crippen molar-refractivity contribution in [1.82, 2.24) is 10.2 Å². The molecule has 1 atom stereocenters. The molecule has 1 saturated heterocycles. The Morgan fingerprint density at radius 2 is 1.93 bits per heavy atom. The average molecular weight is 409 g/mol. The molecule has 7 heteroatoms. The third-order valence-electron chi connectivity index (χ3n) is 5.80. The molecule has 7 nitrogen and oxygen atoms in total. The van der Waals surface area contributed by atoms with Gasteiger partial charge in [-0.3, -0.25) is 4.90 Å². The lowest BCUT2D eigenvalue weighted by atomic mass is 9.85. The fraction of sp³-hybridized carbons (Fsp3) is 0.727. The number of β-amino-alcohol motifs (C(OH)–C–C–N with tert-alkyl or cyclic N) is 1. The van der Waals surface area contributed by atoms with Gasteiger partial charge in [0, 0.05) is 32.7 Å². The molecular weight excluding hydrogens is 372 g/mol. The highest BCUT2D eigenvalue weighted by molar-refractivity contribution is 5.43. The fourth-order valence-corrected chi connectivity index (χ4v) is 4.09. The molecule has 1 aromatic rings. The van der Waals surface area contributed by atoms with Crippen LogP contribution >= 0.6 is 0 Å². The highest BCUT2D eigenvalue weighted by atomic mass is 16.5. The number of morpholine rings is 1. The van der Waals surface area contributed by atoms with E-state index in [4.69, 9.17) is 14.2 Å². The van der Waals surface area contributed by atoms with Crippen molar-refractivity contribution in [3.8, 4) is 11.5 Å². The minimum atomic E-state index is -0.567. The van der Waals surface area contributed by atoms with Gasteiger partial charge in [0.05, 0.1) is 25.9 Å². The number of methoxy groups -OCH3 is 1. The summed E-state index contributed by atoms with van der Waals surface area (Å²) in [6.07, 6.45) is 4.63. The Hall–Kier alpha value is -1.38. The molecule has 3 rings (SSSR count). The van der Waals surface area contributed by atoms with E-state index in [2.05, 4.69) is 10.2 Å². The minimum Gasteiger partial charge on any atom is -0.493 e.